The summed E-state index contributed by atoms with van der Waals surface area (Å²) in [5.74, 6) is -0.917. The number of carboxylic acid groups (broad SMARTS) is 1. The number of rotatable bonds is 3. The molecule has 0 amide bonds. The molecule has 1 aliphatic rings. The van der Waals surface area contributed by atoms with Crippen LogP contribution in [0.25, 0.3) is 6.08 Å². The van der Waals surface area contributed by atoms with Gasteiger partial charge in [-0.1, -0.05) is 28.8 Å². The molecule has 2 rings (SSSR count). The van der Waals surface area contributed by atoms with Crippen LogP contribution in [0, 0.1) is 0 Å². The molecular weight excluding hydrogens is 318 g/mol. The highest BCUT2D eigenvalue weighted by atomic mass is 79.9. The lowest BCUT2D eigenvalue weighted by Gasteiger charge is -2.31. The molecule has 1 aliphatic heterocycles. The third-order valence-electron chi connectivity index (χ3n) is 3.76. The lowest BCUT2D eigenvalue weighted by molar-refractivity contribution is -0.131. The Morgan fingerprint density at radius 1 is 1.40 bits per heavy atom. The second kappa shape index (κ2) is 6.93. The van der Waals surface area contributed by atoms with Crippen LogP contribution in [0.4, 0.5) is 5.69 Å². The van der Waals surface area contributed by atoms with Gasteiger partial charge in [-0.25, -0.2) is 4.79 Å². The van der Waals surface area contributed by atoms with E-state index in [1.165, 1.54) is 31.8 Å². The van der Waals surface area contributed by atoms with E-state index >= 15 is 0 Å². The number of halogens is 1. The van der Waals surface area contributed by atoms with Crippen LogP contribution in [0.3, 0.4) is 0 Å². The molecule has 0 bridgehead atoms. The Morgan fingerprint density at radius 2 is 2.20 bits per heavy atom. The van der Waals surface area contributed by atoms with Gasteiger partial charge < -0.3 is 10.0 Å². The topological polar surface area (TPSA) is 40.5 Å². The van der Waals surface area contributed by atoms with Crippen molar-refractivity contribution >= 4 is 33.7 Å². The van der Waals surface area contributed by atoms with Gasteiger partial charge in [-0.2, -0.15) is 0 Å². The van der Waals surface area contributed by atoms with Gasteiger partial charge in [-0.3, -0.25) is 0 Å². The Labute approximate surface area is 128 Å². The van der Waals surface area contributed by atoms with Gasteiger partial charge in [0.25, 0.3) is 0 Å². The number of carbonyl (C=O) groups is 1. The van der Waals surface area contributed by atoms with E-state index in [0.717, 1.165) is 22.3 Å². The molecule has 1 heterocycles. The molecule has 1 saturated heterocycles. The first-order valence-corrected chi connectivity index (χ1v) is 7.84. The fourth-order valence-electron chi connectivity index (χ4n) is 2.71. The molecule has 108 valence electrons. The minimum absolute atomic E-state index is 0.496. The summed E-state index contributed by atoms with van der Waals surface area (Å²) in [6.45, 7) is 3.29. The summed E-state index contributed by atoms with van der Waals surface area (Å²) in [6.07, 6.45) is 7.82. The Kier molecular flexibility index (Phi) is 5.24. The van der Waals surface area contributed by atoms with E-state index in [1.807, 2.05) is 12.1 Å². The first kappa shape index (κ1) is 15.1. The highest BCUT2D eigenvalue weighted by Gasteiger charge is 2.19. The van der Waals surface area contributed by atoms with E-state index in [9.17, 15) is 4.79 Å². The first-order chi connectivity index (χ1) is 9.58. The van der Waals surface area contributed by atoms with Gasteiger partial charge in [0.15, 0.2) is 0 Å². The average Bonchev–Trinajstić information content (AvgIpc) is 2.61. The molecule has 0 aromatic heterocycles. The van der Waals surface area contributed by atoms with Gasteiger partial charge in [-0.15, -0.1) is 0 Å². The Balaban J connectivity index is 2.36. The number of hydrogen-bond donors (Lipinski definition) is 1. The first-order valence-electron chi connectivity index (χ1n) is 7.05. The van der Waals surface area contributed by atoms with E-state index in [1.54, 1.807) is 6.08 Å². The third kappa shape index (κ3) is 3.85. The van der Waals surface area contributed by atoms with Gasteiger partial charge in [-0.05, 0) is 49.6 Å². The lowest BCUT2D eigenvalue weighted by Crippen LogP contribution is -2.32. The normalized spacial score (nSPS) is 20.1. The zero-order valence-corrected chi connectivity index (χ0v) is 13.3. The Morgan fingerprint density at radius 3 is 2.95 bits per heavy atom. The molecular formula is C16H20BrNO2. The van der Waals surface area contributed by atoms with Gasteiger partial charge in [0.1, 0.15) is 0 Å². The largest absolute Gasteiger partial charge is 0.478 e. The lowest BCUT2D eigenvalue weighted by atomic mass is 10.1. The third-order valence-corrected chi connectivity index (χ3v) is 4.25. The zero-order chi connectivity index (χ0) is 14.5. The van der Waals surface area contributed by atoms with Crippen molar-refractivity contribution in [3.05, 3.63) is 34.3 Å². The quantitative estimate of drug-likeness (QED) is 0.835. The van der Waals surface area contributed by atoms with Crippen molar-refractivity contribution in [2.75, 3.05) is 11.4 Å². The maximum atomic E-state index is 10.8. The molecule has 1 fully saturated rings. The van der Waals surface area contributed by atoms with Crippen molar-refractivity contribution in [3.8, 4) is 0 Å². The summed E-state index contributed by atoms with van der Waals surface area (Å²) in [4.78, 5) is 13.2. The molecule has 0 aliphatic carbocycles. The van der Waals surface area contributed by atoms with Crippen molar-refractivity contribution in [2.24, 2.45) is 0 Å². The number of carboxylic acids is 1. The van der Waals surface area contributed by atoms with Crippen LogP contribution in [0.1, 0.15) is 38.2 Å². The SMILES string of the molecule is CC1CCCCCN1c1ccc(Br)cc1/C=C/C(=O)O. The van der Waals surface area contributed by atoms with Crippen LogP contribution in [-0.4, -0.2) is 23.7 Å². The molecule has 1 unspecified atom stereocenters. The second-order valence-corrected chi connectivity index (χ2v) is 6.18. The minimum Gasteiger partial charge on any atom is -0.478 e. The van der Waals surface area contributed by atoms with E-state index in [2.05, 4.69) is 33.8 Å². The monoisotopic (exact) mass is 337 g/mol. The number of benzene rings is 1. The van der Waals surface area contributed by atoms with Gasteiger partial charge in [0.05, 0.1) is 0 Å². The van der Waals surface area contributed by atoms with Crippen molar-refractivity contribution < 1.29 is 9.90 Å². The van der Waals surface area contributed by atoms with E-state index < -0.39 is 5.97 Å². The molecule has 3 nitrogen and oxygen atoms in total. The van der Waals surface area contributed by atoms with Crippen LogP contribution in [0.2, 0.25) is 0 Å². The van der Waals surface area contributed by atoms with Crippen LogP contribution in [-0.2, 0) is 4.79 Å². The summed E-state index contributed by atoms with van der Waals surface area (Å²) in [5.41, 5.74) is 2.08. The molecule has 20 heavy (non-hydrogen) atoms. The van der Waals surface area contributed by atoms with Crippen LogP contribution < -0.4 is 4.90 Å². The number of aliphatic carboxylic acids is 1. The molecule has 0 spiro atoms. The molecule has 1 aromatic rings. The fourth-order valence-corrected chi connectivity index (χ4v) is 3.09. The Bertz CT molecular complexity index is 513. The smallest absolute Gasteiger partial charge is 0.328 e. The minimum atomic E-state index is -0.917. The average molecular weight is 338 g/mol. The van der Waals surface area contributed by atoms with E-state index in [4.69, 9.17) is 5.11 Å². The summed E-state index contributed by atoms with van der Waals surface area (Å²) < 4.78 is 0.966. The number of hydrogen-bond acceptors (Lipinski definition) is 2. The Hall–Kier alpha value is -1.29. The van der Waals surface area contributed by atoms with Gasteiger partial charge in [0, 0.05) is 28.8 Å². The molecule has 1 atom stereocenters. The summed E-state index contributed by atoms with van der Waals surface area (Å²) >= 11 is 3.46. The number of anilines is 1. The van der Waals surface area contributed by atoms with E-state index in [-0.39, 0.29) is 0 Å². The van der Waals surface area contributed by atoms with Crippen LogP contribution >= 0.6 is 15.9 Å². The molecule has 4 heteroatoms. The second-order valence-electron chi connectivity index (χ2n) is 5.27. The highest BCUT2D eigenvalue weighted by Crippen LogP contribution is 2.30. The van der Waals surface area contributed by atoms with Crippen molar-refractivity contribution in [1.29, 1.82) is 0 Å². The highest BCUT2D eigenvalue weighted by molar-refractivity contribution is 9.10. The molecule has 1 aromatic carbocycles. The molecule has 0 radical (unpaired) electrons. The van der Waals surface area contributed by atoms with E-state index in [0.29, 0.717) is 6.04 Å². The maximum Gasteiger partial charge on any atom is 0.328 e. The van der Waals surface area contributed by atoms with Crippen LogP contribution in [0.5, 0.6) is 0 Å². The predicted octanol–water partition coefficient (Wildman–Crippen LogP) is 4.32. The molecule has 1 N–H and O–H groups in total. The number of nitrogens with zero attached hydrogens (tertiary/aromatic N) is 1. The van der Waals surface area contributed by atoms with Crippen molar-refractivity contribution in [1.82, 2.24) is 0 Å². The van der Waals surface area contributed by atoms with Gasteiger partial charge >= 0.3 is 5.97 Å². The van der Waals surface area contributed by atoms with Crippen molar-refractivity contribution in [3.63, 3.8) is 0 Å². The van der Waals surface area contributed by atoms with Crippen molar-refractivity contribution in [2.45, 2.75) is 38.6 Å². The summed E-state index contributed by atoms with van der Waals surface area (Å²) in [7, 11) is 0. The van der Waals surface area contributed by atoms with Gasteiger partial charge in [0.2, 0.25) is 0 Å². The summed E-state index contributed by atoms with van der Waals surface area (Å²) in [6, 6.07) is 6.57. The summed E-state index contributed by atoms with van der Waals surface area (Å²) in [5, 5.41) is 8.83. The maximum absolute atomic E-state index is 10.8. The fraction of sp³-hybridized carbons (Fsp3) is 0.438. The predicted molar refractivity (Wildman–Crippen MR) is 86.1 cm³/mol. The van der Waals surface area contributed by atoms with Crippen LogP contribution in [0.15, 0.2) is 28.7 Å². The standard InChI is InChI=1S/C16H20BrNO2/c1-12-5-3-2-4-10-18(12)15-8-7-14(17)11-13(15)6-9-16(19)20/h6-9,11-12H,2-5,10H2,1H3,(H,19,20)/b9-6+. The molecule has 0 saturated carbocycles. The zero-order valence-electron chi connectivity index (χ0n) is 11.7.